The zero-order chi connectivity index (χ0) is 13.5. The number of anilines is 1. The van der Waals surface area contributed by atoms with Gasteiger partial charge in [-0.2, -0.15) is 0 Å². The van der Waals surface area contributed by atoms with E-state index in [1.807, 2.05) is 12.1 Å². The topological polar surface area (TPSA) is 43.6 Å². The van der Waals surface area contributed by atoms with Gasteiger partial charge in [-0.15, -0.1) is 8.78 Å². The minimum atomic E-state index is -3.59. The van der Waals surface area contributed by atoms with Crippen molar-refractivity contribution in [3.8, 4) is 11.5 Å². The summed E-state index contributed by atoms with van der Waals surface area (Å²) in [7, 11) is 0. The van der Waals surface area contributed by atoms with Gasteiger partial charge >= 0.3 is 6.29 Å². The Labute approximate surface area is 120 Å². The molecule has 19 heavy (non-hydrogen) atoms. The number of hydrogen-bond donors (Lipinski definition) is 1. The van der Waals surface area contributed by atoms with Gasteiger partial charge in [-0.25, -0.2) is 0 Å². The number of nitrogens with one attached hydrogen (secondary N) is 1. The summed E-state index contributed by atoms with van der Waals surface area (Å²) in [6, 6.07) is 8.22. The second kappa shape index (κ2) is 4.55. The summed E-state index contributed by atoms with van der Waals surface area (Å²) in [5.41, 5.74) is 0.645. The third kappa shape index (κ3) is 2.75. The minimum absolute atomic E-state index is 0.0176. The molecule has 1 aliphatic heterocycles. The SMILES string of the molecule is FC1(F)Oc2ccc(NCc3ccc(I)o3)cc2O1. The maximum absolute atomic E-state index is 12.8. The number of furan rings is 1. The van der Waals surface area contributed by atoms with Crippen LogP contribution in [0.15, 0.2) is 34.7 Å². The first-order valence-electron chi connectivity index (χ1n) is 5.40. The first-order valence-corrected chi connectivity index (χ1v) is 6.48. The fourth-order valence-electron chi connectivity index (χ4n) is 1.69. The molecule has 100 valence electrons. The van der Waals surface area contributed by atoms with Crippen LogP contribution < -0.4 is 14.8 Å². The van der Waals surface area contributed by atoms with Gasteiger partial charge in [0.15, 0.2) is 15.3 Å². The summed E-state index contributed by atoms with van der Waals surface area (Å²) in [4.78, 5) is 0. The van der Waals surface area contributed by atoms with Gasteiger partial charge in [-0.05, 0) is 46.9 Å². The summed E-state index contributed by atoms with van der Waals surface area (Å²) < 4.78 is 40.5. The molecule has 0 saturated heterocycles. The largest absolute Gasteiger partial charge is 0.586 e. The van der Waals surface area contributed by atoms with Crippen LogP contribution in [0, 0.1) is 3.77 Å². The van der Waals surface area contributed by atoms with E-state index in [1.54, 1.807) is 6.07 Å². The summed E-state index contributed by atoms with van der Waals surface area (Å²) in [6.45, 7) is 0.457. The lowest BCUT2D eigenvalue weighted by atomic mass is 10.2. The van der Waals surface area contributed by atoms with Crippen LogP contribution >= 0.6 is 22.6 Å². The molecule has 1 aliphatic rings. The Morgan fingerprint density at radius 3 is 2.63 bits per heavy atom. The number of ether oxygens (including phenoxy) is 2. The second-order valence-electron chi connectivity index (χ2n) is 3.89. The van der Waals surface area contributed by atoms with Crippen LogP contribution in [-0.4, -0.2) is 6.29 Å². The lowest BCUT2D eigenvalue weighted by Crippen LogP contribution is -2.25. The van der Waals surface area contributed by atoms with Crippen molar-refractivity contribution in [3.05, 3.63) is 39.9 Å². The van der Waals surface area contributed by atoms with Crippen LogP contribution in [0.4, 0.5) is 14.5 Å². The van der Waals surface area contributed by atoms with E-state index in [0.717, 1.165) is 9.53 Å². The third-order valence-electron chi connectivity index (χ3n) is 2.50. The number of benzene rings is 1. The number of alkyl halides is 2. The lowest BCUT2D eigenvalue weighted by molar-refractivity contribution is -0.286. The predicted octanol–water partition coefficient (Wildman–Crippen LogP) is 3.82. The van der Waals surface area contributed by atoms with Crippen LogP contribution in [0.25, 0.3) is 0 Å². The first kappa shape index (κ1) is 12.5. The quantitative estimate of drug-likeness (QED) is 0.824. The fourth-order valence-corrected chi connectivity index (χ4v) is 2.16. The van der Waals surface area contributed by atoms with Crippen molar-refractivity contribution >= 4 is 28.3 Å². The molecule has 4 nitrogen and oxygen atoms in total. The lowest BCUT2D eigenvalue weighted by Gasteiger charge is -2.05. The molecule has 0 saturated carbocycles. The van der Waals surface area contributed by atoms with E-state index >= 15 is 0 Å². The molecule has 0 bridgehead atoms. The van der Waals surface area contributed by atoms with Crippen molar-refractivity contribution in [2.45, 2.75) is 12.8 Å². The molecule has 1 aromatic heterocycles. The van der Waals surface area contributed by atoms with Gasteiger partial charge in [0.05, 0.1) is 6.54 Å². The molecular weight excluding hydrogens is 371 g/mol. The molecule has 1 N–H and O–H groups in total. The van der Waals surface area contributed by atoms with E-state index in [1.165, 1.54) is 12.1 Å². The van der Waals surface area contributed by atoms with Crippen molar-refractivity contribution in [2.75, 3.05) is 5.32 Å². The molecule has 0 aliphatic carbocycles. The van der Waals surface area contributed by atoms with Crippen LogP contribution in [0.2, 0.25) is 0 Å². The number of rotatable bonds is 3. The smallest absolute Gasteiger partial charge is 0.454 e. The van der Waals surface area contributed by atoms with Gasteiger partial charge in [-0.3, -0.25) is 0 Å². The third-order valence-corrected chi connectivity index (χ3v) is 3.08. The van der Waals surface area contributed by atoms with Crippen LogP contribution in [0.3, 0.4) is 0 Å². The van der Waals surface area contributed by atoms with Gasteiger partial charge < -0.3 is 19.2 Å². The number of halogens is 3. The van der Waals surface area contributed by atoms with Crippen molar-refractivity contribution in [2.24, 2.45) is 0 Å². The Bertz CT molecular complexity index is 615. The Morgan fingerprint density at radius 2 is 1.89 bits per heavy atom. The van der Waals surface area contributed by atoms with Gasteiger partial charge in [-0.1, -0.05) is 0 Å². The van der Waals surface area contributed by atoms with E-state index in [0.29, 0.717) is 12.2 Å². The van der Waals surface area contributed by atoms with E-state index < -0.39 is 6.29 Å². The molecule has 0 spiro atoms. The van der Waals surface area contributed by atoms with Crippen LogP contribution in [-0.2, 0) is 6.54 Å². The average molecular weight is 379 g/mol. The molecule has 0 atom stereocenters. The minimum Gasteiger partial charge on any atom is -0.454 e. The van der Waals surface area contributed by atoms with Crippen molar-refractivity contribution in [1.29, 1.82) is 0 Å². The standard InChI is InChI=1S/C12H8F2INO3/c13-12(14)18-9-3-1-7(5-10(9)19-12)16-6-8-2-4-11(15)17-8/h1-5,16H,6H2. The molecule has 0 fully saturated rings. The molecule has 2 heterocycles. The highest BCUT2D eigenvalue weighted by molar-refractivity contribution is 14.1. The van der Waals surface area contributed by atoms with E-state index in [2.05, 4.69) is 37.4 Å². The van der Waals surface area contributed by atoms with Gasteiger partial charge in [0.25, 0.3) is 0 Å². The fraction of sp³-hybridized carbons (Fsp3) is 0.167. The Morgan fingerprint density at radius 1 is 1.11 bits per heavy atom. The monoisotopic (exact) mass is 379 g/mol. The normalized spacial score (nSPS) is 15.5. The van der Waals surface area contributed by atoms with Gasteiger partial charge in [0.2, 0.25) is 0 Å². The highest BCUT2D eigenvalue weighted by Gasteiger charge is 2.43. The molecule has 0 radical (unpaired) electrons. The highest BCUT2D eigenvalue weighted by atomic mass is 127. The van der Waals surface area contributed by atoms with E-state index in [9.17, 15) is 8.78 Å². The number of fused-ring (bicyclic) bond motifs is 1. The molecule has 1 aromatic carbocycles. The molecule has 7 heteroatoms. The average Bonchev–Trinajstić information content (AvgIpc) is 2.87. The number of hydrogen-bond acceptors (Lipinski definition) is 4. The Kier molecular flexibility index (Phi) is 3.00. The maximum atomic E-state index is 12.8. The van der Waals surface area contributed by atoms with Crippen molar-refractivity contribution in [3.63, 3.8) is 0 Å². The highest BCUT2D eigenvalue weighted by Crippen LogP contribution is 2.42. The molecule has 2 aromatic rings. The molecule has 0 amide bonds. The van der Waals surface area contributed by atoms with Crippen molar-refractivity contribution < 1.29 is 22.7 Å². The van der Waals surface area contributed by atoms with E-state index in [4.69, 9.17) is 4.42 Å². The summed E-state index contributed by atoms with van der Waals surface area (Å²) >= 11 is 2.07. The predicted molar refractivity (Wildman–Crippen MR) is 71.4 cm³/mol. The van der Waals surface area contributed by atoms with Gasteiger partial charge in [0.1, 0.15) is 5.76 Å². The first-order chi connectivity index (χ1) is 9.02. The Balaban J connectivity index is 1.70. The summed E-state index contributed by atoms with van der Waals surface area (Å²) in [6.07, 6.45) is -3.59. The zero-order valence-electron chi connectivity index (χ0n) is 9.45. The van der Waals surface area contributed by atoms with Crippen LogP contribution in [0.5, 0.6) is 11.5 Å². The van der Waals surface area contributed by atoms with Crippen LogP contribution in [0.1, 0.15) is 5.76 Å². The maximum Gasteiger partial charge on any atom is 0.586 e. The summed E-state index contributed by atoms with van der Waals surface area (Å²) in [5.74, 6) is 0.805. The Hall–Kier alpha value is -1.51. The molecule has 0 unspecified atom stereocenters. The van der Waals surface area contributed by atoms with E-state index in [-0.39, 0.29) is 11.5 Å². The molecular formula is C12H8F2INO3. The summed E-state index contributed by atoms with van der Waals surface area (Å²) in [5, 5.41) is 3.05. The second-order valence-corrected chi connectivity index (χ2v) is 4.95. The van der Waals surface area contributed by atoms with Gasteiger partial charge in [0, 0.05) is 11.8 Å². The van der Waals surface area contributed by atoms with Crippen molar-refractivity contribution in [1.82, 2.24) is 0 Å². The zero-order valence-corrected chi connectivity index (χ0v) is 11.6. The molecule has 3 rings (SSSR count).